The molecule has 1 unspecified atom stereocenters. The zero-order chi connectivity index (χ0) is 22.1. The maximum absolute atomic E-state index is 12.6. The molecule has 0 radical (unpaired) electrons. The Morgan fingerprint density at radius 2 is 1.77 bits per heavy atom. The lowest BCUT2D eigenvalue weighted by molar-refractivity contribution is -0.117. The first-order valence-electron chi connectivity index (χ1n) is 10.2. The predicted molar refractivity (Wildman–Crippen MR) is 120 cm³/mol. The molecule has 2 aromatic carbocycles. The van der Waals surface area contributed by atoms with Crippen LogP contribution in [0.15, 0.2) is 48.5 Å². The van der Waals surface area contributed by atoms with Gasteiger partial charge in [-0.25, -0.2) is 4.79 Å². The van der Waals surface area contributed by atoms with E-state index in [-0.39, 0.29) is 18.4 Å². The molecule has 0 spiro atoms. The monoisotopic (exact) mass is 409 g/mol. The molecule has 1 aliphatic rings. The van der Waals surface area contributed by atoms with E-state index in [1.807, 2.05) is 59.1 Å². The average molecular weight is 410 g/mol. The molecule has 0 aromatic heterocycles. The van der Waals surface area contributed by atoms with Gasteiger partial charge in [-0.2, -0.15) is 0 Å². The number of carbonyl (C=O) groups is 2. The number of benzene rings is 2. The van der Waals surface area contributed by atoms with E-state index in [9.17, 15) is 14.7 Å². The number of hydrogen-bond donors (Lipinski definition) is 1. The summed E-state index contributed by atoms with van der Waals surface area (Å²) in [5, 5.41) is 9.64. The number of anilines is 1. The van der Waals surface area contributed by atoms with Gasteiger partial charge in [0.05, 0.1) is 6.04 Å². The summed E-state index contributed by atoms with van der Waals surface area (Å²) in [6, 6.07) is 16.0. The zero-order valence-electron chi connectivity index (χ0n) is 18.4. The lowest BCUT2D eigenvalue weighted by Gasteiger charge is -2.37. The van der Waals surface area contributed by atoms with E-state index in [0.29, 0.717) is 6.54 Å². The summed E-state index contributed by atoms with van der Waals surface area (Å²) < 4.78 is 0. The van der Waals surface area contributed by atoms with Crippen molar-refractivity contribution >= 4 is 17.7 Å². The molecule has 6 heteroatoms. The van der Waals surface area contributed by atoms with Crippen molar-refractivity contribution in [3.8, 4) is 11.1 Å². The van der Waals surface area contributed by atoms with Crippen LogP contribution in [0, 0.1) is 0 Å². The topological polar surface area (TPSA) is 64.1 Å². The maximum Gasteiger partial charge on any atom is 0.408 e. The number of nitrogens with zero attached hydrogens (tertiary/aromatic N) is 3. The van der Waals surface area contributed by atoms with Gasteiger partial charge in [0, 0.05) is 30.7 Å². The summed E-state index contributed by atoms with van der Waals surface area (Å²) in [6.45, 7) is 6.82. The second-order valence-electron chi connectivity index (χ2n) is 9.17. The minimum Gasteiger partial charge on any atom is -0.465 e. The molecule has 1 N–H and O–H groups in total. The number of amides is 2. The molecule has 1 saturated heterocycles. The molecule has 3 rings (SSSR count). The molecule has 1 heterocycles. The Balaban J connectivity index is 1.78. The van der Waals surface area contributed by atoms with Crippen molar-refractivity contribution in [2.24, 2.45) is 0 Å². The fourth-order valence-electron chi connectivity index (χ4n) is 4.15. The molecule has 6 nitrogen and oxygen atoms in total. The van der Waals surface area contributed by atoms with Gasteiger partial charge in [0.2, 0.25) is 5.91 Å². The fourth-order valence-corrected chi connectivity index (χ4v) is 4.15. The van der Waals surface area contributed by atoms with Gasteiger partial charge in [-0.1, -0.05) is 30.3 Å². The van der Waals surface area contributed by atoms with Crippen LogP contribution in [-0.2, 0) is 11.3 Å². The van der Waals surface area contributed by atoms with Crippen molar-refractivity contribution in [2.45, 2.75) is 45.3 Å². The molecule has 2 amide bonds. The Kier molecular flexibility index (Phi) is 6.17. The molecule has 0 aliphatic carbocycles. The van der Waals surface area contributed by atoms with E-state index < -0.39 is 11.6 Å². The number of hydrogen-bond acceptors (Lipinski definition) is 3. The van der Waals surface area contributed by atoms with Crippen molar-refractivity contribution in [2.75, 3.05) is 25.5 Å². The molecular formula is C24H31N3O3. The number of carboxylic acid groups (broad SMARTS) is 1. The molecule has 160 valence electrons. The number of carbonyl (C=O) groups excluding carboxylic acids is 1. The normalized spacial score (nSPS) is 16.9. The second kappa shape index (κ2) is 8.48. The van der Waals surface area contributed by atoms with E-state index >= 15 is 0 Å². The lowest BCUT2D eigenvalue weighted by atomic mass is 10.0. The highest BCUT2D eigenvalue weighted by Gasteiger charge is 2.41. The molecule has 2 aromatic rings. The van der Waals surface area contributed by atoms with Gasteiger partial charge < -0.3 is 14.9 Å². The molecule has 1 aliphatic heterocycles. The van der Waals surface area contributed by atoms with Crippen LogP contribution < -0.4 is 4.90 Å². The third-order valence-electron chi connectivity index (χ3n) is 5.34. The minimum absolute atomic E-state index is 0.0452. The summed E-state index contributed by atoms with van der Waals surface area (Å²) in [4.78, 5) is 29.6. The molecule has 1 fully saturated rings. The van der Waals surface area contributed by atoms with Gasteiger partial charge in [-0.15, -0.1) is 0 Å². The summed E-state index contributed by atoms with van der Waals surface area (Å²) in [5.41, 5.74) is 3.71. The van der Waals surface area contributed by atoms with Crippen LogP contribution in [0.5, 0.6) is 0 Å². The second-order valence-corrected chi connectivity index (χ2v) is 9.17. The van der Waals surface area contributed by atoms with Crippen molar-refractivity contribution in [3.63, 3.8) is 0 Å². The average Bonchev–Trinajstić information content (AvgIpc) is 3.00. The first-order chi connectivity index (χ1) is 14.1. The van der Waals surface area contributed by atoms with Crippen LogP contribution in [0.2, 0.25) is 0 Å². The minimum atomic E-state index is -0.991. The van der Waals surface area contributed by atoms with Crippen LogP contribution in [-0.4, -0.2) is 59.1 Å². The highest BCUT2D eigenvalue weighted by Crippen LogP contribution is 2.30. The number of rotatable bonds is 5. The Morgan fingerprint density at radius 1 is 1.10 bits per heavy atom. The van der Waals surface area contributed by atoms with Crippen LogP contribution >= 0.6 is 0 Å². The van der Waals surface area contributed by atoms with Crippen LogP contribution in [0.1, 0.15) is 32.8 Å². The Morgan fingerprint density at radius 3 is 2.33 bits per heavy atom. The van der Waals surface area contributed by atoms with Gasteiger partial charge in [0.1, 0.15) is 0 Å². The Hall–Kier alpha value is -2.86. The van der Waals surface area contributed by atoms with Crippen LogP contribution in [0.4, 0.5) is 10.5 Å². The summed E-state index contributed by atoms with van der Waals surface area (Å²) in [6.07, 6.45) is -0.784. The van der Waals surface area contributed by atoms with E-state index in [1.165, 1.54) is 10.5 Å². The summed E-state index contributed by atoms with van der Waals surface area (Å²) in [5.74, 6) is -0.0452. The Bertz CT molecular complexity index is 916. The molecule has 1 atom stereocenters. The van der Waals surface area contributed by atoms with E-state index in [0.717, 1.165) is 23.4 Å². The fraction of sp³-hybridized carbons (Fsp3) is 0.417. The molecule has 0 saturated carbocycles. The summed E-state index contributed by atoms with van der Waals surface area (Å²) >= 11 is 0. The van der Waals surface area contributed by atoms with Crippen molar-refractivity contribution in [1.29, 1.82) is 0 Å². The highest BCUT2D eigenvalue weighted by atomic mass is 16.4. The molecule has 0 bridgehead atoms. The largest absolute Gasteiger partial charge is 0.465 e. The van der Waals surface area contributed by atoms with Crippen LogP contribution in [0.25, 0.3) is 11.1 Å². The quantitative estimate of drug-likeness (QED) is 0.800. The van der Waals surface area contributed by atoms with Gasteiger partial charge in [-0.05, 0) is 69.8 Å². The zero-order valence-corrected chi connectivity index (χ0v) is 18.4. The lowest BCUT2D eigenvalue weighted by Crippen LogP contribution is -2.52. The molecule has 30 heavy (non-hydrogen) atoms. The predicted octanol–water partition coefficient (Wildman–Crippen LogP) is 4.30. The Labute approximate surface area is 178 Å². The van der Waals surface area contributed by atoms with Gasteiger partial charge in [0.25, 0.3) is 0 Å². The first kappa shape index (κ1) is 21.8. The van der Waals surface area contributed by atoms with Crippen molar-refractivity contribution in [3.05, 3.63) is 54.1 Å². The maximum atomic E-state index is 12.6. The molecular weight excluding hydrogens is 378 g/mol. The third-order valence-corrected chi connectivity index (χ3v) is 5.34. The van der Waals surface area contributed by atoms with E-state index in [1.54, 1.807) is 4.90 Å². The van der Waals surface area contributed by atoms with Gasteiger partial charge in [0.15, 0.2) is 0 Å². The standard InChI is InChI=1S/C24H31N3O3/c1-24(2,3)27(23(29)30)21-14-22(28)26(16-21)20-11-9-18(10-12-20)19-8-6-7-17(13-19)15-25(4)5/h6-13,21H,14-16H2,1-5H3,(H,29,30). The summed E-state index contributed by atoms with van der Waals surface area (Å²) in [7, 11) is 4.10. The van der Waals surface area contributed by atoms with Crippen molar-refractivity contribution < 1.29 is 14.7 Å². The van der Waals surface area contributed by atoms with E-state index in [4.69, 9.17) is 0 Å². The third kappa shape index (κ3) is 4.82. The smallest absolute Gasteiger partial charge is 0.408 e. The van der Waals surface area contributed by atoms with Gasteiger partial charge >= 0.3 is 6.09 Å². The van der Waals surface area contributed by atoms with Gasteiger partial charge in [-0.3, -0.25) is 9.69 Å². The van der Waals surface area contributed by atoms with Crippen molar-refractivity contribution in [1.82, 2.24) is 9.80 Å². The first-order valence-corrected chi connectivity index (χ1v) is 10.2. The van der Waals surface area contributed by atoms with Crippen LogP contribution in [0.3, 0.4) is 0 Å². The van der Waals surface area contributed by atoms with E-state index in [2.05, 4.69) is 29.2 Å². The SMILES string of the molecule is CN(C)Cc1cccc(-c2ccc(N3CC(N(C(=O)O)C(C)(C)C)CC3=O)cc2)c1. The highest BCUT2D eigenvalue weighted by molar-refractivity contribution is 5.97.